The zero-order chi connectivity index (χ0) is 17.8. The molecular formula is C19H21N3O3. The van der Waals surface area contributed by atoms with Crippen LogP contribution in [-0.2, 0) is 17.8 Å². The predicted molar refractivity (Wildman–Crippen MR) is 95.3 cm³/mol. The summed E-state index contributed by atoms with van der Waals surface area (Å²) in [6.07, 6.45) is -0.718. The lowest BCUT2D eigenvalue weighted by Crippen LogP contribution is -2.26. The average molecular weight is 339 g/mol. The molecule has 3 aromatic rings. The maximum Gasteiger partial charge on any atom is 0.225 e. The number of imidazole rings is 1. The van der Waals surface area contributed by atoms with Gasteiger partial charge in [-0.25, -0.2) is 4.98 Å². The molecule has 3 rings (SSSR count). The maximum absolute atomic E-state index is 11.3. The van der Waals surface area contributed by atoms with Crippen LogP contribution in [0.3, 0.4) is 0 Å². The van der Waals surface area contributed by atoms with E-state index in [1.807, 2.05) is 60.0 Å². The molecule has 1 aromatic heterocycles. The number of aryl methyl sites for hydroxylation is 1. The summed E-state index contributed by atoms with van der Waals surface area (Å²) >= 11 is 0. The molecule has 1 amide bonds. The number of carbonyl (C=O) groups is 1. The number of nitrogens with zero attached hydrogens (tertiary/aromatic N) is 2. The van der Waals surface area contributed by atoms with E-state index in [4.69, 9.17) is 10.5 Å². The van der Waals surface area contributed by atoms with Crippen LogP contribution < -0.4 is 10.5 Å². The molecule has 0 aliphatic rings. The molecule has 130 valence electrons. The largest absolute Gasteiger partial charge is 0.491 e. The molecule has 0 bridgehead atoms. The van der Waals surface area contributed by atoms with Crippen LogP contribution in [0.4, 0.5) is 0 Å². The van der Waals surface area contributed by atoms with Gasteiger partial charge >= 0.3 is 0 Å². The average Bonchev–Trinajstić information content (AvgIpc) is 2.90. The number of para-hydroxylation sites is 2. The Hall–Kier alpha value is -2.86. The molecule has 2 aromatic carbocycles. The predicted octanol–water partition coefficient (Wildman–Crippen LogP) is 1.81. The lowest BCUT2D eigenvalue weighted by atomic mass is 10.2. The Morgan fingerprint density at radius 1 is 1.28 bits per heavy atom. The van der Waals surface area contributed by atoms with Crippen molar-refractivity contribution in [1.29, 1.82) is 0 Å². The molecule has 6 nitrogen and oxygen atoms in total. The molecule has 25 heavy (non-hydrogen) atoms. The Bertz CT molecular complexity index is 889. The first-order valence-corrected chi connectivity index (χ1v) is 8.13. The Balaban J connectivity index is 1.75. The molecule has 1 unspecified atom stereocenters. The van der Waals surface area contributed by atoms with Crippen LogP contribution in [0.1, 0.15) is 11.4 Å². The van der Waals surface area contributed by atoms with E-state index in [1.54, 1.807) is 0 Å². The molecule has 0 aliphatic carbocycles. The highest BCUT2D eigenvalue weighted by atomic mass is 16.5. The Morgan fingerprint density at radius 2 is 2.08 bits per heavy atom. The van der Waals surface area contributed by atoms with Crippen LogP contribution in [0.5, 0.6) is 5.75 Å². The van der Waals surface area contributed by atoms with Gasteiger partial charge in [0.15, 0.2) is 0 Å². The molecule has 0 radical (unpaired) electrons. The number of aliphatic hydroxyl groups excluding tert-OH is 1. The quantitative estimate of drug-likeness (QED) is 0.687. The van der Waals surface area contributed by atoms with Crippen LogP contribution in [0.15, 0.2) is 48.5 Å². The summed E-state index contributed by atoms with van der Waals surface area (Å²) in [5, 5.41) is 10.4. The third kappa shape index (κ3) is 4.16. The number of nitrogens with two attached hydrogens (primary N) is 1. The first kappa shape index (κ1) is 17.0. The Labute approximate surface area is 145 Å². The Morgan fingerprint density at radius 3 is 2.84 bits per heavy atom. The minimum Gasteiger partial charge on any atom is -0.491 e. The van der Waals surface area contributed by atoms with Crippen molar-refractivity contribution in [3.05, 3.63) is 59.9 Å². The number of fused-ring (bicyclic) bond motifs is 1. The minimum atomic E-state index is -0.746. The van der Waals surface area contributed by atoms with E-state index in [9.17, 15) is 9.90 Å². The lowest BCUT2D eigenvalue weighted by Gasteiger charge is -2.15. The standard InChI is InChI=1S/C19H21N3O3/c1-13-5-4-6-15(9-13)25-12-14(23)11-22-17-8-3-2-7-16(17)21-19(22)10-18(20)24/h2-9,14,23H,10-12H2,1H3,(H2,20,24). The van der Waals surface area contributed by atoms with E-state index in [0.717, 1.165) is 16.6 Å². The van der Waals surface area contributed by atoms with Gasteiger partial charge in [0.2, 0.25) is 5.91 Å². The van der Waals surface area contributed by atoms with Gasteiger partial charge in [-0.3, -0.25) is 4.79 Å². The molecular weight excluding hydrogens is 318 g/mol. The molecule has 0 saturated heterocycles. The van der Waals surface area contributed by atoms with Gasteiger partial charge in [-0.15, -0.1) is 0 Å². The number of aliphatic hydroxyl groups is 1. The molecule has 0 fully saturated rings. The van der Waals surface area contributed by atoms with E-state index in [2.05, 4.69) is 4.98 Å². The summed E-state index contributed by atoms with van der Waals surface area (Å²) in [5.41, 5.74) is 8.03. The van der Waals surface area contributed by atoms with Crippen molar-refractivity contribution in [3.8, 4) is 5.75 Å². The highest BCUT2D eigenvalue weighted by Crippen LogP contribution is 2.18. The fourth-order valence-electron chi connectivity index (χ4n) is 2.78. The summed E-state index contributed by atoms with van der Waals surface area (Å²) in [5.74, 6) is 0.803. The van der Waals surface area contributed by atoms with Gasteiger partial charge in [0.25, 0.3) is 0 Å². The van der Waals surface area contributed by atoms with Crippen LogP contribution in [-0.4, -0.2) is 33.3 Å². The second kappa shape index (κ2) is 7.36. The van der Waals surface area contributed by atoms with Crippen LogP contribution in [0.25, 0.3) is 11.0 Å². The SMILES string of the molecule is Cc1cccc(OCC(O)Cn2c(CC(N)=O)nc3ccccc32)c1. The van der Waals surface area contributed by atoms with Crippen molar-refractivity contribution in [2.24, 2.45) is 5.73 Å². The second-order valence-electron chi connectivity index (χ2n) is 6.05. The number of benzene rings is 2. The monoisotopic (exact) mass is 339 g/mol. The zero-order valence-corrected chi connectivity index (χ0v) is 14.1. The van der Waals surface area contributed by atoms with Gasteiger partial charge in [-0.2, -0.15) is 0 Å². The first-order valence-electron chi connectivity index (χ1n) is 8.13. The summed E-state index contributed by atoms with van der Waals surface area (Å²) in [6, 6.07) is 15.2. The maximum atomic E-state index is 11.3. The zero-order valence-electron chi connectivity index (χ0n) is 14.1. The molecule has 0 aliphatic heterocycles. The van der Waals surface area contributed by atoms with Gasteiger partial charge < -0.3 is 20.1 Å². The lowest BCUT2D eigenvalue weighted by molar-refractivity contribution is -0.117. The smallest absolute Gasteiger partial charge is 0.225 e. The normalized spacial score (nSPS) is 12.2. The second-order valence-corrected chi connectivity index (χ2v) is 6.05. The van der Waals surface area contributed by atoms with Crippen molar-refractivity contribution in [1.82, 2.24) is 9.55 Å². The third-order valence-corrected chi connectivity index (χ3v) is 3.89. The highest BCUT2D eigenvalue weighted by Gasteiger charge is 2.16. The molecule has 0 spiro atoms. The molecule has 1 atom stereocenters. The number of carbonyl (C=O) groups excluding carboxylic acids is 1. The summed E-state index contributed by atoms with van der Waals surface area (Å²) in [7, 11) is 0. The molecule has 1 heterocycles. The van der Waals surface area contributed by atoms with Gasteiger partial charge in [0, 0.05) is 0 Å². The molecule has 3 N–H and O–H groups in total. The summed E-state index contributed by atoms with van der Waals surface area (Å²) in [4.78, 5) is 15.8. The summed E-state index contributed by atoms with van der Waals surface area (Å²) in [6.45, 7) is 2.40. The number of hydrogen-bond donors (Lipinski definition) is 2. The van der Waals surface area contributed by atoms with Crippen LogP contribution >= 0.6 is 0 Å². The highest BCUT2D eigenvalue weighted by molar-refractivity contribution is 5.80. The number of primary amides is 1. The molecule has 0 saturated carbocycles. The third-order valence-electron chi connectivity index (χ3n) is 3.89. The van der Waals surface area contributed by atoms with E-state index in [1.165, 1.54) is 0 Å². The van der Waals surface area contributed by atoms with Gasteiger partial charge in [0.05, 0.1) is 24.0 Å². The fraction of sp³-hybridized carbons (Fsp3) is 0.263. The number of hydrogen-bond acceptors (Lipinski definition) is 4. The molecule has 6 heteroatoms. The number of ether oxygens (including phenoxy) is 1. The van der Waals surface area contributed by atoms with Crippen molar-refractivity contribution in [2.45, 2.75) is 26.0 Å². The first-order chi connectivity index (χ1) is 12.0. The number of aromatic nitrogens is 2. The van der Waals surface area contributed by atoms with E-state index in [0.29, 0.717) is 11.6 Å². The fourth-order valence-corrected chi connectivity index (χ4v) is 2.78. The van der Waals surface area contributed by atoms with E-state index in [-0.39, 0.29) is 19.6 Å². The van der Waals surface area contributed by atoms with Crippen molar-refractivity contribution in [3.63, 3.8) is 0 Å². The van der Waals surface area contributed by atoms with E-state index < -0.39 is 12.0 Å². The Kier molecular flexibility index (Phi) is 5.00. The minimum absolute atomic E-state index is 0.0279. The number of amides is 1. The van der Waals surface area contributed by atoms with Crippen molar-refractivity contribution >= 4 is 16.9 Å². The van der Waals surface area contributed by atoms with Crippen molar-refractivity contribution in [2.75, 3.05) is 6.61 Å². The summed E-state index contributed by atoms with van der Waals surface area (Å²) < 4.78 is 7.48. The number of rotatable bonds is 7. The van der Waals surface area contributed by atoms with Gasteiger partial charge in [0.1, 0.15) is 24.3 Å². The van der Waals surface area contributed by atoms with Crippen LogP contribution in [0.2, 0.25) is 0 Å². The van der Waals surface area contributed by atoms with E-state index >= 15 is 0 Å². The topological polar surface area (TPSA) is 90.4 Å². The van der Waals surface area contributed by atoms with Gasteiger partial charge in [-0.1, -0.05) is 24.3 Å². The van der Waals surface area contributed by atoms with Gasteiger partial charge in [-0.05, 0) is 36.8 Å². The van der Waals surface area contributed by atoms with Crippen molar-refractivity contribution < 1.29 is 14.6 Å². The van der Waals surface area contributed by atoms with Crippen LogP contribution in [0, 0.1) is 6.92 Å².